The summed E-state index contributed by atoms with van der Waals surface area (Å²) >= 11 is 0. The number of nitrogens with one attached hydrogen (secondary N) is 1. The lowest BCUT2D eigenvalue weighted by molar-refractivity contribution is -0.127. The number of amides is 1. The Hall–Kier alpha value is -1.35. The van der Waals surface area contributed by atoms with E-state index in [2.05, 4.69) is 23.5 Å². The molecule has 102 valence electrons. The van der Waals surface area contributed by atoms with Gasteiger partial charge in [0.15, 0.2) is 0 Å². The number of carbonyl (C=O) groups excluding carboxylic acids is 1. The third-order valence-electron chi connectivity index (χ3n) is 4.45. The van der Waals surface area contributed by atoms with Gasteiger partial charge in [-0.2, -0.15) is 0 Å². The molecule has 2 aliphatic carbocycles. The Morgan fingerprint density at radius 2 is 2.05 bits per heavy atom. The standard InChI is InChI=1S/C16H21NO2/c18-15-6-2-5-14(15)16(19)17-10-11-7-8-12-3-1-4-13(12)9-11/h7-9,14-15,18H,1-6,10H2,(H,17,19). The summed E-state index contributed by atoms with van der Waals surface area (Å²) in [6.45, 7) is 0.579. The van der Waals surface area contributed by atoms with Crippen LogP contribution in [0.3, 0.4) is 0 Å². The molecule has 0 spiro atoms. The molecular formula is C16H21NO2. The number of carbonyl (C=O) groups is 1. The molecule has 3 heteroatoms. The van der Waals surface area contributed by atoms with Crippen LogP contribution in [-0.4, -0.2) is 17.1 Å². The molecule has 19 heavy (non-hydrogen) atoms. The predicted octanol–water partition coefficient (Wildman–Crippen LogP) is 1.95. The average molecular weight is 259 g/mol. The number of hydrogen-bond donors (Lipinski definition) is 2. The van der Waals surface area contributed by atoms with E-state index in [1.54, 1.807) is 0 Å². The van der Waals surface area contributed by atoms with Crippen molar-refractivity contribution in [2.75, 3.05) is 0 Å². The maximum atomic E-state index is 12.0. The average Bonchev–Trinajstić information content (AvgIpc) is 3.03. The number of aliphatic hydroxyl groups is 1. The summed E-state index contributed by atoms with van der Waals surface area (Å²) < 4.78 is 0. The van der Waals surface area contributed by atoms with Crippen LogP contribution in [0.2, 0.25) is 0 Å². The van der Waals surface area contributed by atoms with E-state index < -0.39 is 6.10 Å². The van der Waals surface area contributed by atoms with Crippen LogP contribution in [0.1, 0.15) is 42.4 Å². The van der Waals surface area contributed by atoms with Crippen LogP contribution in [0, 0.1) is 5.92 Å². The van der Waals surface area contributed by atoms with E-state index in [1.165, 1.54) is 36.0 Å². The zero-order chi connectivity index (χ0) is 13.2. The lowest BCUT2D eigenvalue weighted by Gasteiger charge is -2.14. The molecule has 1 fully saturated rings. The molecule has 3 rings (SSSR count). The second kappa shape index (κ2) is 5.33. The van der Waals surface area contributed by atoms with Gasteiger partial charge >= 0.3 is 0 Å². The lowest BCUT2D eigenvalue weighted by Crippen LogP contribution is -2.34. The van der Waals surface area contributed by atoms with Crippen molar-refractivity contribution in [2.45, 2.75) is 51.2 Å². The molecule has 2 atom stereocenters. The van der Waals surface area contributed by atoms with E-state index in [0.717, 1.165) is 19.3 Å². The van der Waals surface area contributed by atoms with Crippen LogP contribution in [-0.2, 0) is 24.2 Å². The van der Waals surface area contributed by atoms with Crippen molar-refractivity contribution >= 4 is 5.91 Å². The molecule has 1 aromatic rings. The van der Waals surface area contributed by atoms with Crippen LogP contribution >= 0.6 is 0 Å². The van der Waals surface area contributed by atoms with E-state index in [0.29, 0.717) is 6.54 Å². The summed E-state index contributed by atoms with van der Waals surface area (Å²) in [4.78, 5) is 12.0. The van der Waals surface area contributed by atoms with E-state index in [4.69, 9.17) is 0 Å². The number of fused-ring (bicyclic) bond motifs is 1. The van der Waals surface area contributed by atoms with Gasteiger partial charge in [0.05, 0.1) is 12.0 Å². The predicted molar refractivity (Wildman–Crippen MR) is 73.7 cm³/mol. The van der Waals surface area contributed by atoms with Crippen molar-refractivity contribution in [2.24, 2.45) is 5.92 Å². The number of aryl methyl sites for hydroxylation is 2. The number of rotatable bonds is 3. The van der Waals surface area contributed by atoms with Crippen molar-refractivity contribution in [1.82, 2.24) is 5.32 Å². The molecule has 0 saturated heterocycles. The third-order valence-corrected chi connectivity index (χ3v) is 4.45. The van der Waals surface area contributed by atoms with Crippen molar-refractivity contribution < 1.29 is 9.90 Å². The van der Waals surface area contributed by atoms with Gasteiger partial charge in [-0.3, -0.25) is 4.79 Å². The lowest BCUT2D eigenvalue weighted by atomic mass is 10.0. The van der Waals surface area contributed by atoms with Crippen LogP contribution in [0.25, 0.3) is 0 Å². The van der Waals surface area contributed by atoms with Gasteiger partial charge in [-0.05, 0) is 55.2 Å². The fourth-order valence-corrected chi connectivity index (χ4v) is 3.30. The molecule has 2 aliphatic rings. The zero-order valence-electron chi connectivity index (χ0n) is 11.2. The van der Waals surface area contributed by atoms with E-state index in [9.17, 15) is 9.90 Å². The van der Waals surface area contributed by atoms with Crippen LogP contribution < -0.4 is 5.32 Å². The van der Waals surface area contributed by atoms with Crippen LogP contribution in [0.5, 0.6) is 0 Å². The topological polar surface area (TPSA) is 49.3 Å². The first-order valence-electron chi connectivity index (χ1n) is 7.30. The Kier molecular flexibility index (Phi) is 3.56. The molecule has 1 amide bonds. The van der Waals surface area contributed by atoms with Crippen molar-refractivity contribution in [3.05, 3.63) is 34.9 Å². The first-order chi connectivity index (χ1) is 9.24. The number of benzene rings is 1. The normalized spacial score (nSPS) is 25.3. The minimum absolute atomic E-state index is 0.00509. The highest BCUT2D eigenvalue weighted by Gasteiger charge is 2.31. The molecule has 0 bridgehead atoms. The van der Waals surface area contributed by atoms with E-state index in [1.807, 2.05) is 0 Å². The highest BCUT2D eigenvalue weighted by atomic mass is 16.3. The fourth-order valence-electron chi connectivity index (χ4n) is 3.30. The molecule has 3 nitrogen and oxygen atoms in total. The third kappa shape index (κ3) is 2.66. The smallest absolute Gasteiger partial charge is 0.225 e. The molecule has 1 saturated carbocycles. The zero-order valence-corrected chi connectivity index (χ0v) is 11.2. The molecule has 0 radical (unpaired) electrons. The molecule has 0 aromatic heterocycles. The summed E-state index contributed by atoms with van der Waals surface area (Å²) in [5, 5.41) is 12.7. The number of hydrogen-bond acceptors (Lipinski definition) is 2. The maximum Gasteiger partial charge on any atom is 0.225 e. The second-order valence-electron chi connectivity index (χ2n) is 5.78. The first-order valence-corrected chi connectivity index (χ1v) is 7.30. The van der Waals surface area contributed by atoms with Gasteiger partial charge < -0.3 is 10.4 Å². The maximum absolute atomic E-state index is 12.0. The van der Waals surface area contributed by atoms with Crippen molar-refractivity contribution in [3.8, 4) is 0 Å². The van der Waals surface area contributed by atoms with Gasteiger partial charge in [-0.25, -0.2) is 0 Å². The highest BCUT2D eigenvalue weighted by molar-refractivity contribution is 5.79. The number of aliphatic hydroxyl groups excluding tert-OH is 1. The molecular weight excluding hydrogens is 238 g/mol. The Morgan fingerprint density at radius 3 is 2.84 bits per heavy atom. The van der Waals surface area contributed by atoms with Crippen LogP contribution in [0.15, 0.2) is 18.2 Å². The summed E-state index contributed by atoms with van der Waals surface area (Å²) in [6.07, 6.45) is 5.69. The fraction of sp³-hybridized carbons (Fsp3) is 0.562. The first kappa shape index (κ1) is 12.7. The quantitative estimate of drug-likeness (QED) is 0.871. The Bertz CT molecular complexity index is 484. The molecule has 0 aliphatic heterocycles. The SMILES string of the molecule is O=C(NCc1ccc2c(c1)CCC2)C1CCCC1O. The van der Waals surface area contributed by atoms with Gasteiger partial charge in [0, 0.05) is 6.54 Å². The molecule has 0 heterocycles. The molecule has 1 aromatic carbocycles. The highest BCUT2D eigenvalue weighted by Crippen LogP contribution is 2.26. The van der Waals surface area contributed by atoms with Crippen molar-refractivity contribution in [3.63, 3.8) is 0 Å². The monoisotopic (exact) mass is 259 g/mol. The van der Waals surface area contributed by atoms with Gasteiger partial charge in [0.2, 0.25) is 5.91 Å². The molecule has 2 unspecified atom stereocenters. The van der Waals surface area contributed by atoms with Gasteiger partial charge in [-0.15, -0.1) is 0 Å². The summed E-state index contributed by atoms with van der Waals surface area (Å²) in [5.74, 6) is -0.195. The second-order valence-corrected chi connectivity index (χ2v) is 5.78. The Morgan fingerprint density at radius 1 is 1.21 bits per heavy atom. The minimum Gasteiger partial charge on any atom is -0.392 e. The van der Waals surface area contributed by atoms with E-state index >= 15 is 0 Å². The Labute approximate surface area is 114 Å². The minimum atomic E-state index is -0.444. The molecule has 2 N–H and O–H groups in total. The summed E-state index contributed by atoms with van der Waals surface area (Å²) in [6, 6.07) is 6.51. The van der Waals surface area contributed by atoms with Gasteiger partial charge in [-0.1, -0.05) is 18.2 Å². The van der Waals surface area contributed by atoms with Crippen LogP contribution in [0.4, 0.5) is 0 Å². The largest absolute Gasteiger partial charge is 0.392 e. The van der Waals surface area contributed by atoms with E-state index in [-0.39, 0.29) is 11.8 Å². The van der Waals surface area contributed by atoms with Crippen molar-refractivity contribution in [1.29, 1.82) is 0 Å². The summed E-state index contributed by atoms with van der Waals surface area (Å²) in [5.41, 5.74) is 4.07. The van der Waals surface area contributed by atoms with Gasteiger partial charge in [0.1, 0.15) is 0 Å². The Balaban J connectivity index is 1.58. The summed E-state index contributed by atoms with van der Waals surface area (Å²) in [7, 11) is 0. The van der Waals surface area contributed by atoms with Gasteiger partial charge in [0.25, 0.3) is 0 Å².